The van der Waals surface area contributed by atoms with Crippen LogP contribution >= 0.6 is 0 Å². The second-order valence-electron chi connectivity index (χ2n) is 4.98. The van der Waals surface area contributed by atoms with Gasteiger partial charge < -0.3 is 15.0 Å². The van der Waals surface area contributed by atoms with Gasteiger partial charge in [-0.25, -0.2) is 4.68 Å². The molecule has 0 aliphatic carbocycles. The van der Waals surface area contributed by atoms with E-state index in [9.17, 15) is 4.79 Å². The minimum atomic E-state index is -0.451. The van der Waals surface area contributed by atoms with Gasteiger partial charge in [-0.2, -0.15) is 0 Å². The molecule has 1 aliphatic rings. The smallest absolute Gasteiger partial charge is 0.254 e. The van der Waals surface area contributed by atoms with Gasteiger partial charge in [0.15, 0.2) is 0 Å². The maximum absolute atomic E-state index is 12.3. The Bertz CT molecular complexity index is 614. The zero-order valence-corrected chi connectivity index (χ0v) is 11.8. The van der Waals surface area contributed by atoms with E-state index in [-0.39, 0.29) is 5.91 Å². The van der Waals surface area contributed by atoms with Crippen molar-refractivity contribution in [2.75, 3.05) is 32.1 Å². The van der Waals surface area contributed by atoms with Crippen LogP contribution in [0.5, 0.6) is 0 Å². The molecule has 3 rings (SSSR count). The van der Waals surface area contributed by atoms with Crippen molar-refractivity contribution in [1.29, 1.82) is 0 Å². The van der Waals surface area contributed by atoms with Crippen LogP contribution in [-0.4, -0.2) is 58.6 Å². The van der Waals surface area contributed by atoms with Gasteiger partial charge in [-0.1, -0.05) is 17.3 Å². The summed E-state index contributed by atoms with van der Waals surface area (Å²) in [7, 11) is 1.98. The number of aromatic nitrogens is 3. The molecular formula is C14H17N5O2. The Morgan fingerprint density at radius 1 is 1.43 bits per heavy atom. The number of likely N-dealkylation sites (N-methyl/N-ethyl adjacent to an activating group) is 1. The molecule has 0 bridgehead atoms. The van der Waals surface area contributed by atoms with Crippen LogP contribution in [0, 0.1) is 0 Å². The van der Waals surface area contributed by atoms with Crippen molar-refractivity contribution in [2.24, 2.45) is 0 Å². The van der Waals surface area contributed by atoms with E-state index in [1.165, 1.54) is 0 Å². The molecule has 1 aromatic heterocycles. The van der Waals surface area contributed by atoms with E-state index < -0.39 is 6.10 Å². The molecule has 21 heavy (non-hydrogen) atoms. The normalized spacial score (nSPS) is 19.4. The van der Waals surface area contributed by atoms with Gasteiger partial charge in [0.05, 0.1) is 30.4 Å². The standard InChI is InChI=1S/C14H17N5O2/c1-18-8-9-21-13(10-18)14(20)16-11-4-2-3-5-12(11)19-7-6-15-17-19/h2-7,13H,8-10H2,1H3,(H,16,20)/t13-/m1/s1. The Hall–Kier alpha value is -2.25. The highest BCUT2D eigenvalue weighted by molar-refractivity contribution is 5.96. The van der Waals surface area contributed by atoms with Crippen molar-refractivity contribution < 1.29 is 9.53 Å². The number of carbonyl (C=O) groups excluding carboxylic acids is 1. The SMILES string of the molecule is CN1CCO[C@@H](C(=O)Nc2ccccc2-n2ccnn2)C1. The van der Waals surface area contributed by atoms with Crippen LogP contribution in [0.1, 0.15) is 0 Å². The van der Waals surface area contributed by atoms with Crippen molar-refractivity contribution in [1.82, 2.24) is 19.9 Å². The Morgan fingerprint density at radius 2 is 2.29 bits per heavy atom. The second kappa shape index (κ2) is 6.02. The van der Waals surface area contributed by atoms with Crippen LogP contribution in [-0.2, 0) is 9.53 Å². The topological polar surface area (TPSA) is 72.3 Å². The highest BCUT2D eigenvalue weighted by Gasteiger charge is 2.25. The zero-order valence-electron chi connectivity index (χ0n) is 11.8. The van der Waals surface area contributed by atoms with E-state index >= 15 is 0 Å². The number of anilines is 1. The highest BCUT2D eigenvalue weighted by atomic mass is 16.5. The largest absolute Gasteiger partial charge is 0.366 e. The van der Waals surface area contributed by atoms with Gasteiger partial charge in [0.2, 0.25) is 0 Å². The number of hydrogen-bond donors (Lipinski definition) is 1. The van der Waals surface area contributed by atoms with E-state index in [0.29, 0.717) is 18.8 Å². The summed E-state index contributed by atoms with van der Waals surface area (Å²) in [6, 6.07) is 7.46. The summed E-state index contributed by atoms with van der Waals surface area (Å²) in [5, 5.41) is 10.7. The van der Waals surface area contributed by atoms with Gasteiger partial charge >= 0.3 is 0 Å². The molecule has 1 N–H and O–H groups in total. The number of rotatable bonds is 3. The number of hydrogen-bond acceptors (Lipinski definition) is 5. The van der Waals surface area contributed by atoms with E-state index in [2.05, 4.69) is 20.5 Å². The van der Waals surface area contributed by atoms with Gasteiger partial charge in [-0.3, -0.25) is 4.79 Å². The lowest BCUT2D eigenvalue weighted by Crippen LogP contribution is -2.46. The monoisotopic (exact) mass is 287 g/mol. The van der Waals surface area contributed by atoms with Gasteiger partial charge in [0, 0.05) is 13.1 Å². The zero-order chi connectivity index (χ0) is 14.7. The minimum absolute atomic E-state index is 0.144. The molecule has 110 valence electrons. The van der Waals surface area contributed by atoms with Crippen molar-refractivity contribution in [2.45, 2.75) is 6.10 Å². The second-order valence-corrected chi connectivity index (χ2v) is 4.98. The fourth-order valence-electron chi connectivity index (χ4n) is 2.27. The average Bonchev–Trinajstić information content (AvgIpc) is 3.02. The summed E-state index contributed by atoms with van der Waals surface area (Å²) in [6.07, 6.45) is 2.88. The Kier molecular flexibility index (Phi) is 3.94. The molecule has 0 saturated carbocycles. The Balaban J connectivity index is 1.77. The van der Waals surface area contributed by atoms with Crippen LogP contribution in [0.2, 0.25) is 0 Å². The van der Waals surface area contributed by atoms with Crippen molar-refractivity contribution in [3.05, 3.63) is 36.7 Å². The quantitative estimate of drug-likeness (QED) is 0.892. The number of morpholine rings is 1. The summed E-state index contributed by atoms with van der Waals surface area (Å²) in [5.41, 5.74) is 1.46. The fourth-order valence-corrected chi connectivity index (χ4v) is 2.27. The van der Waals surface area contributed by atoms with Crippen molar-refractivity contribution in [3.63, 3.8) is 0 Å². The maximum atomic E-state index is 12.3. The van der Waals surface area contributed by atoms with Gasteiger partial charge in [0.1, 0.15) is 6.10 Å². The lowest BCUT2D eigenvalue weighted by atomic mass is 10.2. The molecule has 1 aromatic carbocycles. The van der Waals surface area contributed by atoms with E-state index in [4.69, 9.17) is 4.74 Å². The first-order chi connectivity index (χ1) is 10.2. The first-order valence-electron chi connectivity index (χ1n) is 6.81. The van der Waals surface area contributed by atoms with Crippen LogP contribution < -0.4 is 5.32 Å². The lowest BCUT2D eigenvalue weighted by molar-refractivity contribution is -0.132. The number of carbonyl (C=O) groups is 1. The van der Waals surface area contributed by atoms with E-state index in [1.54, 1.807) is 17.1 Å². The summed E-state index contributed by atoms with van der Waals surface area (Å²) in [5.74, 6) is -0.144. The van der Waals surface area contributed by atoms with E-state index in [0.717, 1.165) is 12.2 Å². The summed E-state index contributed by atoms with van der Waals surface area (Å²) in [4.78, 5) is 14.4. The Labute approximate surface area is 122 Å². The number of para-hydroxylation sites is 2. The van der Waals surface area contributed by atoms with Gasteiger partial charge in [-0.05, 0) is 19.2 Å². The third kappa shape index (κ3) is 3.09. The molecule has 0 spiro atoms. The third-order valence-corrected chi connectivity index (χ3v) is 3.39. The molecule has 1 atom stereocenters. The third-order valence-electron chi connectivity index (χ3n) is 3.39. The molecule has 1 fully saturated rings. The number of benzene rings is 1. The van der Waals surface area contributed by atoms with Crippen LogP contribution in [0.15, 0.2) is 36.7 Å². The minimum Gasteiger partial charge on any atom is -0.366 e. The van der Waals surface area contributed by atoms with Crippen molar-refractivity contribution >= 4 is 11.6 Å². The Morgan fingerprint density at radius 3 is 3.05 bits per heavy atom. The van der Waals surface area contributed by atoms with E-state index in [1.807, 2.05) is 31.3 Å². The molecule has 1 saturated heterocycles. The van der Waals surface area contributed by atoms with Crippen molar-refractivity contribution in [3.8, 4) is 5.69 Å². The molecule has 1 amide bonds. The predicted molar refractivity (Wildman–Crippen MR) is 77.2 cm³/mol. The van der Waals surface area contributed by atoms with Gasteiger partial charge in [0.25, 0.3) is 5.91 Å². The van der Waals surface area contributed by atoms with Crippen LogP contribution in [0.3, 0.4) is 0 Å². The van der Waals surface area contributed by atoms with Gasteiger partial charge in [-0.15, -0.1) is 5.10 Å². The summed E-state index contributed by atoms with van der Waals surface area (Å²) in [6.45, 7) is 2.01. The molecule has 2 aromatic rings. The van der Waals surface area contributed by atoms with Crippen LogP contribution in [0.25, 0.3) is 5.69 Å². The van der Waals surface area contributed by atoms with Crippen LogP contribution in [0.4, 0.5) is 5.69 Å². The average molecular weight is 287 g/mol. The molecular weight excluding hydrogens is 270 g/mol. The fraction of sp³-hybridized carbons (Fsp3) is 0.357. The molecule has 0 unspecified atom stereocenters. The maximum Gasteiger partial charge on any atom is 0.254 e. The first-order valence-corrected chi connectivity index (χ1v) is 6.81. The predicted octanol–water partition coefficient (Wildman–Crippen LogP) is 0.536. The highest BCUT2D eigenvalue weighted by Crippen LogP contribution is 2.19. The summed E-state index contributed by atoms with van der Waals surface area (Å²) < 4.78 is 7.14. The molecule has 1 aliphatic heterocycles. The summed E-state index contributed by atoms with van der Waals surface area (Å²) >= 11 is 0. The number of nitrogens with one attached hydrogen (secondary N) is 1. The number of amides is 1. The molecule has 0 radical (unpaired) electrons. The molecule has 2 heterocycles. The molecule has 7 heteroatoms. The number of ether oxygens (including phenoxy) is 1. The molecule has 7 nitrogen and oxygen atoms in total. The first kappa shape index (κ1) is 13.7. The number of nitrogens with zero attached hydrogens (tertiary/aromatic N) is 4. The lowest BCUT2D eigenvalue weighted by Gasteiger charge is -2.29.